The van der Waals surface area contributed by atoms with Gasteiger partial charge < -0.3 is 14.5 Å². The van der Waals surface area contributed by atoms with Crippen molar-refractivity contribution >= 4 is 27.7 Å². The first-order valence-electron chi connectivity index (χ1n) is 7.82. The average molecular weight is 383 g/mol. The summed E-state index contributed by atoms with van der Waals surface area (Å²) in [5.74, 6) is -0.0572. The fourth-order valence-electron chi connectivity index (χ4n) is 2.82. The Labute approximate surface area is 145 Å². The van der Waals surface area contributed by atoms with E-state index in [1.165, 1.54) is 0 Å². The lowest BCUT2D eigenvalue weighted by Gasteiger charge is -2.34. The molecule has 0 unspecified atom stereocenters. The van der Waals surface area contributed by atoms with Crippen LogP contribution in [0.15, 0.2) is 28.7 Å². The number of rotatable bonds is 5. The van der Waals surface area contributed by atoms with Gasteiger partial charge in [0.25, 0.3) is 5.91 Å². The predicted octanol–water partition coefficient (Wildman–Crippen LogP) is 2.41. The molecule has 1 aliphatic rings. The molecule has 2 rings (SSSR count). The minimum Gasteiger partial charge on any atom is -0.383 e. The second-order valence-corrected chi connectivity index (χ2v) is 6.68. The van der Waals surface area contributed by atoms with Crippen LogP contribution in [0.2, 0.25) is 0 Å². The van der Waals surface area contributed by atoms with Crippen molar-refractivity contribution in [2.45, 2.75) is 12.8 Å². The molecule has 1 aromatic rings. The van der Waals surface area contributed by atoms with E-state index in [4.69, 9.17) is 4.74 Å². The number of likely N-dealkylation sites (N-methyl/N-ethyl adjacent to an activating group) is 1. The van der Waals surface area contributed by atoms with Gasteiger partial charge in [0.15, 0.2) is 0 Å². The van der Waals surface area contributed by atoms with Crippen LogP contribution >= 0.6 is 15.9 Å². The van der Waals surface area contributed by atoms with E-state index < -0.39 is 0 Å². The second kappa shape index (κ2) is 8.45. The van der Waals surface area contributed by atoms with Crippen molar-refractivity contribution in [3.8, 4) is 0 Å². The average Bonchev–Trinajstić information content (AvgIpc) is 2.59. The van der Waals surface area contributed by atoms with Crippen LogP contribution in [0.1, 0.15) is 23.2 Å². The van der Waals surface area contributed by atoms with Gasteiger partial charge in [0.1, 0.15) is 0 Å². The summed E-state index contributed by atoms with van der Waals surface area (Å²) in [4.78, 5) is 28.7. The van der Waals surface area contributed by atoms with E-state index in [9.17, 15) is 9.59 Å². The Morgan fingerprint density at radius 1 is 1.39 bits per heavy atom. The van der Waals surface area contributed by atoms with Crippen molar-refractivity contribution in [1.82, 2.24) is 9.80 Å². The van der Waals surface area contributed by atoms with E-state index in [1.54, 1.807) is 24.0 Å². The van der Waals surface area contributed by atoms with E-state index in [1.807, 2.05) is 24.3 Å². The van der Waals surface area contributed by atoms with Crippen LogP contribution in [-0.2, 0) is 9.53 Å². The van der Waals surface area contributed by atoms with Crippen LogP contribution < -0.4 is 0 Å². The summed E-state index contributed by atoms with van der Waals surface area (Å²) < 4.78 is 5.80. The van der Waals surface area contributed by atoms with Crippen molar-refractivity contribution in [2.24, 2.45) is 5.92 Å². The number of halogens is 1. The zero-order chi connectivity index (χ0) is 16.8. The molecule has 0 aromatic heterocycles. The zero-order valence-corrected chi connectivity index (χ0v) is 15.2. The highest BCUT2D eigenvalue weighted by Crippen LogP contribution is 2.23. The van der Waals surface area contributed by atoms with E-state index in [-0.39, 0.29) is 17.7 Å². The maximum Gasteiger partial charge on any atom is 0.255 e. The van der Waals surface area contributed by atoms with Gasteiger partial charge in [-0.2, -0.15) is 0 Å². The van der Waals surface area contributed by atoms with Gasteiger partial charge in [-0.25, -0.2) is 0 Å². The zero-order valence-electron chi connectivity index (χ0n) is 13.6. The summed E-state index contributed by atoms with van der Waals surface area (Å²) in [5.41, 5.74) is 0.647. The molecule has 6 heteroatoms. The van der Waals surface area contributed by atoms with Crippen LogP contribution in [0.4, 0.5) is 0 Å². The number of benzene rings is 1. The summed E-state index contributed by atoms with van der Waals surface area (Å²) in [7, 11) is 3.41. The van der Waals surface area contributed by atoms with E-state index >= 15 is 0 Å². The van der Waals surface area contributed by atoms with Gasteiger partial charge in [-0.3, -0.25) is 9.59 Å². The van der Waals surface area contributed by atoms with Crippen LogP contribution in [0.5, 0.6) is 0 Å². The van der Waals surface area contributed by atoms with Crippen molar-refractivity contribution in [3.63, 3.8) is 0 Å². The number of carbonyl (C=O) groups excluding carboxylic acids is 2. The molecule has 5 nitrogen and oxygen atoms in total. The minimum atomic E-state index is -0.128. The molecule has 0 saturated carbocycles. The maximum absolute atomic E-state index is 12.7. The molecule has 1 aliphatic heterocycles. The monoisotopic (exact) mass is 382 g/mol. The molecule has 23 heavy (non-hydrogen) atoms. The Bertz CT molecular complexity index is 565. The van der Waals surface area contributed by atoms with E-state index in [0.29, 0.717) is 31.8 Å². The normalized spacial score (nSPS) is 17.9. The Morgan fingerprint density at radius 3 is 2.83 bits per heavy atom. The number of piperidine rings is 1. The van der Waals surface area contributed by atoms with Crippen molar-refractivity contribution in [3.05, 3.63) is 34.3 Å². The van der Waals surface area contributed by atoms with Crippen molar-refractivity contribution in [2.75, 3.05) is 40.4 Å². The lowest BCUT2D eigenvalue weighted by molar-refractivity contribution is -0.136. The van der Waals surface area contributed by atoms with Crippen molar-refractivity contribution < 1.29 is 14.3 Å². The molecule has 0 spiro atoms. The number of carbonyl (C=O) groups is 2. The summed E-state index contributed by atoms with van der Waals surface area (Å²) in [5, 5.41) is 0. The molecule has 1 fully saturated rings. The number of nitrogens with zero attached hydrogens (tertiary/aromatic N) is 2. The fourth-order valence-corrected chi connectivity index (χ4v) is 3.27. The van der Waals surface area contributed by atoms with Gasteiger partial charge in [-0.1, -0.05) is 12.1 Å². The van der Waals surface area contributed by atoms with Gasteiger partial charge in [0.05, 0.1) is 18.1 Å². The van der Waals surface area contributed by atoms with E-state index in [0.717, 1.165) is 17.3 Å². The highest BCUT2D eigenvalue weighted by atomic mass is 79.9. The lowest BCUT2D eigenvalue weighted by Crippen LogP contribution is -2.46. The second-order valence-electron chi connectivity index (χ2n) is 5.82. The molecule has 1 heterocycles. The first-order valence-corrected chi connectivity index (χ1v) is 8.61. The quantitative estimate of drug-likeness (QED) is 0.785. The Balaban J connectivity index is 2.02. The first kappa shape index (κ1) is 17.9. The maximum atomic E-state index is 12.7. The number of likely N-dealkylation sites (tertiary alicyclic amines) is 1. The molecule has 0 aliphatic carbocycles. The lowest BCUT2D eigenvalue weighted by atomic mass is 9.96. The largest absolute Gasteiger partial charge is 0.383 e. The minimum absolute atomic E-state index is 0.0190. The van der Waals surface area contributed by atoms with Gasteiger partial charge in [0.2, 0.25) is 5.91 Å². The van der Waals surface area contributed by atoms with E-state index in [2.05, 4.69) is 15.9 Å². The predicted molar refractivity (Wildman–Crippen MR) is 92.3 cm³/mol. The molecule has 0 N–H and O–H groups in total. The standard InChI is InChI=1S/C17H23BrN2O3/c1-19(10-11-23-2)16(21)13-6-5-9-20(12-13)17(22)14-7-3-4-8-15(14)18/h3-4,7-8,13H,5-6,9-12H2,1-2H3/t13-/m0/s1. The molecule has 1 aromatic carbocycles. The Hall–Kier alpha value is -1.40. The Morgan fingerprint density at radius 2 is 2.13 bits per heavy atom. The summed E-state index contributed by atoms with van der Waals surface area (Å²) >= 11 is 3.42. The molecule has 2 amide bonds. The number of ether oxygens (including phenoxy) is 1. The van der Waals surface area contributed by atoms with Crippen LogP contribution in [0, 0.1) is 5.92 Å². The van der Waals surface area contributed by atoms with Crippen LogP contribution in [-0.4, -0.2) is 62.0 Å². The summed E-state index contributed by atoms with van der Waals surface area (Å²) in [6.07, 6.45) is 1.68. The Kier molecular flexibility index (Phi) is 6.59. The summed E-state index contributed by atoms with van der Waals surface area (Å²) in [6, 6.07) is 7.40. The molecule has 1 atom stereocenters. The number of amides is 2. The number of hydrogen-bond donors (Lipinski definition) is 0. The first-order chi connectivity index (χ1) is 11.0. The molecule has 1 saturated heterocycles. The van der Waals surface area contributed by atoms with Gasteiger partial charge in [-0.05, 0) is 40.9 Å². The number of methoxy groups -OCH3 is 1. The van der Waals surface area contributed by atoms with Gasteiger partial charge in [0, 0.05) is 38.3 Å². The van der Waals surface area contributed by atoms with Gasteiger partial charge in [-0.15, -0.1) is 0 Å². The molecular weight excluding hydrogens is 360 g/mol. The summed E-state index contributed by atoms with van der Waals surface area (Å²) in [6.45, 7) is 2.28. The third kappa shape index (κ3) is 4.54. The highest BCUT2D eigenvalue weighted by molar-refractivity contribution is 9.10. The third-order valence-corrected chi connectivity index (χ3v) is 4.86. The van der Waals surface area contributed by atoms with Crippen LogP contribution in [0.3, 0.4) is 0 Å². The molecule has 126 valence electrons. The molecular formula is C17H23BrN2O3. The SMILES string of the molecule is COCCN(C)C(=O)[C@H]1CCCN(C(=O)c2ccccc2Br)C1. The highest BCUT2D eigenvalue weighted by Gasteiger charge is 2.30. The molecule has 0 bridgehead atoms. The van der Waals surface area contributed by atoms with Crippen molar-refractivity contribution in [1.29, 1.82) is 0 Å². The molecule has 0 radical (unpaired) electrons. The van der Waals surface area contributed by atoms with Crippen LogP contribution in [0.25, 0.3) is 0 Å². The fraction of sp³-hybridized carbons (Fsp3) is 0.529. The smallest absolute Gasteiger partial charge is 0.255 e. The van der Waals surface area contributed by atoms with Gasteiger partial charge >= 0.3 is 0 Å². The number of hydrogen-bond acceptors (Lipinski definition) is 3. The topological polar surface area (TPSA) is 49.9 Å². The third-order valence-electron chi connectivity index (χ3n) is 4.17.